The zero-order valence-corrected chi connectivity index (χ0v) is 19.0. The first-order chi connectivity index (χ1) is 13.5. The van der Waals surface area contributed by atoms with Crippen LogP contribution in [0.3, 0.4) is 0 Å². The Kier molecular flexibility index (Phi) is 6.86. The average molecular weight is 589 g/mol. The van der Waals surface area contributed by atoms with Crippen LogP contribution in [-0.2, 0) is 20.0 Å². The maximum absolute atomic E-state index is 13.3. The Bertz CT molecular complexity index is 1020. The predicted molar refractivity (Wildman–Crippen MR) is 106 cm³/mol. The van der Waals surface area contributed by atoms with Crippen molar-refractivity contribution in [2.45, 2.75) is 24.9 Å². The van der Waals surface area contributed by atoms with Gasteiger partial charge in [-0.2, -0.15) is 0 Å². The van der Waals surface area contributed by atoms with Crippen molar-refractivity contribution in [3.05, 3.63) is 66.8 Å². The average Bonchev–Trinajstić information content (AvgIpc) is 2.59. The summed E-state index contributed by atoms with van der Waals surface area (Å²) in [5.74, 6) is 0. The summed E-state index contributed by atoms with van der Waals surface area (Å²) >= 11 is -4.58. The van der Waals surface area contributed by atoms with E-state index in [1.165, 1.54) is 24.3 Å². The van der Waals surface area contributed by atoms with Gasteiger partial charge in [-0.15, -0.1) is 0 Å². The molecule has 0 radical (unpaired) electrons. The van der Waals surface area contributed by atoms with Gasteiger partial charge in [0.15, 0.2) is 0 Å². The second-order valence-corrected chi connectivity index (χ2v) is 16.0. The van der Waals surface area contributed by atoms with Crippen LogP contribution in [0.5, 0.6) is 0 Å². The molecule has 2 rings (SSSR count). The molecule has 0 spiro atoms. The molecule has 2 aromatic carbocycles. The molecule has 0 heterocycles. The molecule has 5 nitrogen and oxygen atoms in total. The molecule has 0 aliphatic heterocycles. The van der Waals surface area contributed by atoms with Crippen molar-refractivity contribution < 1.29 is 43.2 Å². The third-order valence-electron chi connectivity index (χ3n) is 3.54. The van der Waals surface area contributed by atoms with E-state index in [1.807, 2.05) is 0 Å². The molecule has 0 fully saturated rings. The van der Waals surface area contributed by atoms with E-state index < -0.39 is 53.1 Å². The summed E-state index contributed by atoms with van der Waals surface area (Å²) in [7, 11) is -13.8. The molecule has 0 atom stereocenters. The summed E-state index contributed by atoms with van der Waals surface area (Å²) in [4.78, 5) is 0. The van der Waals surface area contributed by atoms with Gasteiger partial charge < -0.3 is 0 Å². The summed E-state index contributed by atoms with van der Waals surface area (Å²) in [5.41, 5.74) is -11.4. The van der Waals surface area contributed by atoms with Crippen LogP contribution in [0.2, 0.25) is 0 Å². The van der Waals surface area contributed by atoms with Crippen molar-refractivity contribution in [2.24, 2.45) is 0 Å². The zero-order chi connectivity index (χ0) is 23.1. The molecular formula is C16H14F6INO4S2. The van der Waals surface area contributed by atoms with Crippen molar-refractivity contribution in [1.29, 1.82) is 0 Å². The van der Waals surface area contributed by atoms with Gasteiger partial charge in [-0.05, 0) is 0 Å². The molecule has 2 aromatic rings. The monoisotopic (exact) mass is 589 g/mol. The number of hydrogen-bond acceptors (Lipinski definition) is 4. The first-order valence-electron chi connectivity index (χ1n) is 7.76. The number of benzene rings is 2. The van der Waals surface area contributed by atoms with Gasteiger partial charge in [0.25, 0.3) is 0 Å². The Morgan fingerprint density at radius 3 is 1.13 bits per heavy atom. The van der Waals surface area contributed by atoms with Crippen LogP contribution in [-0.4, -0.2) is 29.8 Å². The first-order valence-corrected chi connectivity index (χ1v) is 13.8. The topological polar surface area (TPSA) is 71.5 Å². The quantitative estimate of drug-likeness (QED) is 0.287. The van der Waals surface area contributed by atoms with E-state index in [2.05, 4.69) is 0 Å². The van der Waals surface area contributed by atoms with Gasteiger partial charge in [0.1, 0.15) is 0 Å². The number of hydrogen-bond donors (Lipinski definition) is 0. The molecule has 0 bridgehead atoms. The predicted octanol–water partition coefficient (Wildman–Crippen LogP) is 4.77. The summed E-state index contributed by atoms with van der Waals surface area (Å²) < 4.78 is 126. The fourth-order valence-electron chi connectivity index (χ4n) is 2.06. The number of alkyl halides is 6. The molecule has 0 amide bonds. The van der Waals surface area contributed by atoms with Crippen LogP contribution >= 0.6 is 20.1 Å². The van der Waals surface area contributed by atoms with E-state index >= 15 is 0 Å². The number of nitrogens with zero attached hydrogens (tertiary/aromatic N) is 1. The van der Waals surface area contributed by atoms with Crippen LogP contribution in [0.25, 0.3) is 0 Å². The summed E-state index contributed by atoms with van der Waals surface area (Å²) in [6, 6.07) is 9.88. The fraction of sp³-hybridized carbons (Fsp3) is 0.250. The Hall–Kier alpha value is -1.39. The molecule has 30 heavy (non-hydrogen) atoms. The van der Waals surface area contributed by atoms with Crippen LogP contribution in [0.15, 0.2) is 48.5 Å². The molecule has 0 aliphatic rings. The molecule has 0 saturated carbocycles. The number of rotatable bonds is 5. The second-order valence-electron chi connectivity index (χ2n) is 5.91. The van der Waals surface area contributed by atoms with Gasteiger partial charge in [-0.1, -0.05) is 0 Å². The van der Waals surface area contributed by atoms with Gasteiger partial charge in [0, 0.05) is 0 Å². The van der Waals surface area contributed by atoms with E-state index in [0.29, 0.717) is 11.1 Å². The van der Waals surface area contributed by atoms with Crippen molar-refractivity contribution in [3.63, 3.8) is 0 Å². The van der Waals surface area contributed by atoms with Gasteiger partial charge in [-0.3, -0.25) is 0 Å². The van der Waals surface area contributed by atoms with Gasteiger partial charge in [0.05, 0.1) is 0 Å². The zero-order valence-electron chi connectivity index (χ0n) is 15.2. The molecule has 0 aliphatic carbocycles. The van der Waals surface area contributed by atoms with Crippen molar-refractivity contribution in [3.8, 4) is 0 Å². The third kappa shape index (κ3) is 4.75. The minimum atomic E-state index is -6.90. The molecule has 0 N–H and O–H groups in total. The van der Waals surface area contributed by atoms with Crippen LogP contribution in [0, 0.1) is 21.0 Å². The molecule has 14 heteroatoms. The normalized spacial score (nSPS) is 14.1. The van der Waals surface area contributed by atoms with Gasteiger partial charge >= 0.3 is 177 Å². The van der Waals surface area contributed by atoms with Crippen molar-refractivity contribution >= 4 is 40.1 Å². The SMILES string of the molecule is Cc1ccc(I(c2ccc(C)cc2)N(S(=O)(=O)C(F)(F)F)S(=O)(=O)C(F)(F)F)cc1. The van der Waals surface area contributed by atoms with Crippen molar-refractivity contribution in [1.82, 2.24) is 1.92 Å². The minimum absolute atomic E-state index is 0.241. The number of halogens is 7. The van der Waals surface area contributed by atoms with Crippen LogP contribution < -0.4 is 0 Å². The Labute approximate surface area is 176 Å². The summed E-state index contributed by atoms with van der Waals surface area (Å²) in [5, 5.41) is 0. The van der Waals surface area contributed by atoms with Gasteiger partial charge in [-0.25, -0.2) is 0 Å². The van der Waals surface area contributed by atoms with E-state index in [4.69, 9.17) is 0 Å². The third-order valence-corrected chi connectivity index (χ3v) is 16.2. The Balaban J connectivity index is 2.95. The van der Waals surface area contributed by atoms with E-state index in [9.17, 15) is 43.2 Å². The van der Waals surface area contributed by atoms with Crippen LogP contribution in [0.1, 0.15) is 11.1 Å². The molecule has 0 unspecified atom stereocenters. The Morgan fingerprint density at radius 2 is 0.900 bits per heavy atom. The second kappa shape index (κ2) is 8.27. The molecular weight excluding hydrogens is 575 g/mol. The molecule has 168 valence electrons. The first kappa shape index (κ1) is 24.9. The van der Waals surface area contributed by atoms with Crippen LogP contribution in [0.4, 0.5) is 26.3 Å². The molecule has 0 saturated heterocycles. The number of sulfonamides is 2. The summed E-state index contributed by atoms with van der Waals surface area (Å²) in [6.45, 7) is 3.18. The summed E-state index contributed by atoms with van der Waals surface area (Å²) in [6.07, 6.45) is 0. The fourth-order valence-corrected chi connectivity index (χ4v) is 14.6. The van der Waals surface area contributed by atoms with Crippen molar-refractivity contribution in [2.75, 3.05) is 0 Å². The molecule has 0 aromatic heterocycles. The van der Waals surface area contributed by atoms with Gasteiger partial charge in [0.2, 0.25) is 0 Å². The number of aryl methyl sites for hydroxylation is 2. The Morgan fingerprint density at radius 1 is 0.633 bits per heavy atom. The van der Waals surface area contributed by atoms with E-state index in [0.717, 1.165) is 24.3 Å². The standard InChI is InChI=1S/C16H14F6INO4S2/c1-11-3-7-13(8-4-11)23(14-9-5-12(2)6-10-14)24(29(25,26)15(17,18)19)30(27,28)16(20,21)22/h3-10H,1-2H3. The maximum atomic E-state index is 13.3. The van der Waals surface area contributed by atoms with E-state index in [-0.39, 0.29) is 7.14 Å². The van der Waals surface area contributed by atoms with E-state index in [1.54, 1.807) is 13.8 Å².